The van der Waals surface area contributed by atoms with Gasteiger partial charge in [0.15, 0.2) is 0 Å². The first-order valence-corrected chi connectivity index (χ1v) is 16.2. The highest BCUT2D eigenvalue weighted by molar-refractivity contribution is 7.81. The van der Waals surface area contributed by atoms with Gasteiger partial charge in [0.1, 0.15) is 0 Å². The molecule has 0 aromatic heterocycles. The van der Waals surface area contributed by atoms with E-state index < -0.39 is 7.92 Å². The monoisotopic (exact) mass is 562 g/mol. The van der Waals surface area contributed by atoms with Crippen LogP contribution in [-0.4, -0.2) is 0 Å². The summed E-state index contributed by atoms with van der Waals surface area (Å²) in [6, 6.07) is 61.2. The van der Waals surface area contributed by atoms with E-state index in [4.69, 9.17) is 0 Å². The highest BCUT2D eigenvalue weighted by Gasteiger charge is 2.23. The Hall–Kier alpha value is -5.03. The standard InChI is InChI=1S/C42H27P/c1-4-13-31-25-37-34(22-28(31)10-1)16-7-19-40(37)43(41-20-8-17-35-23-29-11-2-5-14-32(29)26-38(35)41)42-21-9-18-36-24-30-12-3-6-15-33(30)27-39(36)42/h1-27H. The van der Waals surface area contributed by atoms with Crippen molar-refractivity contribution in [1.29, 1.82) is 0 Å². The largest absolute Gasteiger partial charge is 0.0616 e. The normalized spacial score (nSPS) is 11.9. The van der Waals surface area contributed by atoms with Gasteiger partial charge in [-0.25, -0.2) is 0 Å². The van der Waals surface area contributed by atoms with Crippen LogP contribution in [0.1, 0.15) is 0 Å². The predicted octanol–water partition coefficient (Wildman–Crippen LogP) is 10.4. The second-order valence-corrected chi connectivity index (χ2v) is 13.5. The molecule has 0 unspecified atom stereocenters. The molecule has 0 amide bonds. The molecule has 1 heteroatoms. The quantitative estimate of drug-likeness (QED) is 0.148. The third kappa shape index (κ3) is 4.03. The fourth-order valence-corrected chi connectivity index (χ4v) is 9.61. The molecule has 9 aromatic rings. The van der Waals surface area contributed by atoms with Crippen LogP contribution in [0.4, 0.5) is 0 Å². The van der Waals surface area contributed by atoms with E-state index in [0.717, 1.165) is 0 Å². The minimum atomic E-state index is -0.912. The van der Waals surface area contributed by atoms with Crippen LogP contribution in [-0.2, 0) is 0 Å². The van der Waals surface area contributed by atoms with Crippen molar-refractivity contribution in [2.45, 2.75) is 0 Å². The van der Waals surface area contributed by atoms with Crippen molar-refractivity contribution in [1.82, 2.24) is 0 Å². The Morgan fingerprint density at radius 3 is 0.791 bits per heavy atom. The minimum absolute atomic E-state index is 0.912. The van der Waals surface area contributed by atoms with Gasteiger partial charge in [-0.1, -0.05) is 127 Å². The molecule has 0 aliphatic heterocycles. The number of hydrogen-bond donors (Lipinski definition) is 0. The molecule has 0 heterocycles. The van der Waals surface area contributed by atoms with E-state index in [2.05, 4.69) is 164 Å². The van der Waals surface area contributed by atoms with Crippen LogP contribution in [0.5, 0.6) is 0 Å². The lowest BCUT2D eigenvalue weighted by molar-refractivity contribution is 1.77. The van der Waals surface area contributed by atoms with Crippen molar-refractivity contribution in [3.05, 3.63) is 164 Å². The number of benzene rings is 9. The van der Waals surface area contributed by atoms with Crippen LogP contribution < -0.4 is 15.9 Å². The molecule has 0 saturated carbocycles. The molecule has 9 rings (SSSR count). The molecule has 43 heavy (non-hydrogen) atoms. The molecule has 0 bridgehead atoms. The fraction of sp³-hybridized carbons (Fsp3) is 0. The summed E-state index contributed by atoms with van der Waals surface area (Å²) in [7, 11) is -0.912. The first-order valence-electron chi connectivity index (χ1n) is 14.8. The zero-order valence-corrected chi connectivity index (χ0v) is 24.4. The van der Waals surface area contributed by atoms with E-state index in [-0.39, 0.29) is 0 Å². The summed E-state index contributed by atoms with van der Waals surface area (Å²) in [6.45, 7) is 0. The summed E-state index contributed by atoms with van der Waals surface area (Å²) in [4.78, 5) is 0. The summed E-state index contributed by atoms with van der Waals surface area (Å²) >= 11 is 0. The lowest BCUT2D eigenvalue weighted by atomic mass is 10.0. The Bertz CT molecular complexity index is 2240. The molecule has 0 nitrogen and oxygen atoms in total. The maximum Gasteiger partial charge on any atom is -0.00720 e. The second kappa shape index (κ2) is 9.77. The van der Waals surface area contributed by atoms with Crippen LogP contribution in [0.2, 0.25) is 0 Å². The van der Waals surface area contributed by atoms with Gasteiger partial charge in [-0.15, -0.1) is 0 Å². The molecule has 0 N–H and O–H groups in total. The van der Waals surface area contributed by atoms with Crippen molar-refractivity contribution in [3.63, 3.8) is 0 Å². The van der Waals surface area contributed by atoms with Gasteiger partial charge in [0.05, 0.1) is 0 Å². The van der Waals surface area contributed by atoms with E-state index in [1.807, 2.05) is 0 Å². The molecule has 0 aliphatic carbocycles. The predicted molar refractivity (Wildman–Crippen MR) is 190 cm³/mol. The van der Waals surface area contributed by atoms with E-state index in [1.165, 1.54) is 80.5 Å². The van der Waals surface area contributed by atoms with E-state index >= 15 is 0 Å². The van der Waals surface area contributed by atoms with Gasteiger partial charge in [0.2, 0.25) is 0 Å². The summed E-state index contributed by atoms with van der Waals surface area (Å²) in [5.74, 6) is 0. The second-order valence-electron chi connectivity index (χ2n) is 11.4. The molecule has 0 spiro atoms. The van der Waals surface area contributed by atoms with Crippen molar-refractivity contribution in [2.24, 2.45) is 0 Å². The lowest BCUT2D eigenvalue weighted by Crippen LogP contribution is -2.22. The molecule has 0 saturated heterocycles. The van der Waals surface area contributed by atoms with Crippen LogP contribution in [0.15, 0.2) is 164 Å². The van der Waals surface area contributed by atoms with Gasteiger partial charge in [-0.05, 0) is 125 Å². The zero-order chi connectivity index (χ0) is 28.3. The third-order valence-corrected chi connectivity index (χ3v) is 11.5. The highest BCUT2D eigenvalue weighted by atomic mass is 31.1. The van der Waals surface area contributed by atoms with Crippen molar-refractivity contribution in [3.8, 4) is 0 Å². The Morgan fingerprint density at radius 1 is 0.233 bits per heavy atom. The first-order chi connectivity index (χ1) is 21.3. The first kappa shape index (κ1) is 24.6. The average Bonchev–Trinajstić information content (AvgIpc) is 3.06. The summed E-state index contributed by atoms with van der Waals surface area (Å²) in [5.41, 5.74) is 0. The lowest BCUT2D eigenvalue weighted by Gasteiger charge is -2.25. The maximum absolute atomic E-state index is 2.41. The number of hydrogen-bond acceptors (Lipinski definition) is 0. The molecular formula is C42H27P. The van der Waals surface area contributed by atoms with Gasteiger partial charge >= 0.3 is 0 Å². The van der Waals surface area contributed by atoms with Crippen molar-refractivity contribution < 1.29 is 0 Å². The summed E-state index contributed by atoms with van der Waals surface area (Å²) < 4.78 is 0. The Kier molecular flexibility index (Phi) is 5.58. The number of fused-ring (bicyclic) bond motifs is 6. The smallest absolute Gasteiger partial charge is 0.00720 e. The third-order valence-electron chi connectivity index (χ3n) is 8.89. The molecular weight excluding hydrogens is 535 g/mol. The van der Waals surface area contributed by atoms with Gasteiger partial charge in [-0.3, -0.25) is 0 Å². The fourth-order valence-electron chi connectivity index (χ4n) is 6.83. The average molecular weight is 563 g/mol. The van der Waals surface area contributed by atoms with Gasteiger partial charge < -0.3 is 0 Å². The van der Waals surface area contributed by atoms with E-state index in [0.29, 0.717) is 0 Å². The molecule has 0 atom stereocenters. The Balaban J connectivity index is 1.42. The van der Waals surface area contributed by atoms with Crippen LogP contribution in [0.25, 0.3) is 64.6 Å². The topological polar surface area (TPSA) is 0 Å². The molecule has 9 aromatic carbocycles. The summed E-state index contributed by atoms with van der Waals surface area (Å²) in [6.07, 6.45) is 0. The molecule has 0 radical (unpaired) electrons. The van der Waals surface area contributed by atoms with Crippen molar-refractivity contribution >= 4 is 88.5 Å². The van der Waals surface area contributed by atoms with Crippen molar-refractivity contribution in [2.75, 3.05) is 0 Å². The SMILES string of the molecule is c1ccc2cc3c(P(c4cccc5cc6ccccc6cc45)c4cccc5cc6ccccc6cc45)cccc3cc2c1. The van der Waals surface area contributed by atoms with E-state index in [1.54, 1.807) is 0 Å². The van der Waals surface area contributed by atoms with Gasteiger partial charge in [-0.2, -0.15) is 0 Å². The maximum atomic E-state index is 2.41. The van der Waals surface area contributed by atoms with Crippen LogP contribution in [0.3, 0.4) is 0 Å². The Morgan fingerprint density at radius 2 is 0.488 bits per heavy atom. The Labute approximate surface area is 251 Å². The van der Waals surface area contributed by atoms with Gasteiger partial charge in [0, 0.05) is 0 Å². The van der Waals surface area contributed by atoms with E-state index in [9.17, 15) is 0 Å². The van der Waals surface area contributed by atoms with Gasteiger partial charge in [0.25, 0.3) is 0 Å². The number of rotatable bonds is 3. The zero-order valence-electron chi connectivity index (χ0n) is 23.5. The van der Waals surface area contributed by atoms with Crippen LogP contribution >= 0.6 is 7.92 Å². The highest BCUT2D eigenvalue weighted by Crippen LogP contribution is 2.42. The van der Waals surface area contributed by atoms with Crippen LogP contribution in [0, 0.1) is 0 Å². The molecule has 0 fully saturated rings. The molecule has 0 aliphatic rings. The summed E-state index contributed by atoms with van der Waals surface area (Å²) in [5, 5.41) is 19.8. The molecule has 200 valence electrons. The minimum Gasteiger partial charge on any atom is -0.0616 e.